The number of amides is 2. The van der Waals surface area contributed by atoms with E-state index >= 15 is 0 Å². The number of carbonyl (C=O) groups excluding carboxylic acids is 2. The van der Waals surface area contributed by atoms with Gasteiger partial charge in [0.1, 0.15) is 0 Å². The molecule has 0 radical (unpaired) electrons. The van der Waals surface area contributed by atoms with Gasteiger partial charge < -0.3 is 10.2 Å². The lowest BCUT2D eigenvalue weighted by molar-refractivity contribution is -0.127. The lowest BCUT2D eigenvalue weighted by Gasteiger charge is -2.15. The summed E-state index contributed by atoms with van der Waals surface area (Å²) in [7, 11) is 0. The van der Waals surface area contributed by atoms with Gasteiger partial charge in [-0.3, -0.25) is 9.59 Å². The summed E-state index contributed by atoms with van der Waals surface area (Å²) in [6.45, 7) is 4.05. The first-order valence-corrected chi connectivity index (χ1v) is 12.0. The van der Waals surface area contributed by atoms with Crippen molar-refractivity contribution in [2.45, 2.75) is 44.9 Å². The second-order valence-corrected chi connectivity index (χ2v) is 9.35. The highest BCUT2D eigenvalue weighted by atomic mass is 32.1. The van der Waals surface area contributed by atoms with E-state index in [1.807, 2.05) is 35.5 Å². The van der Waals surface area contributed by atoms with Crippen molar-refractivity contribution in [3.63, 3.8) is 0 Å². The quantitative estimate of drug-likeness (QED) is 0.532. The fourth-order valence-electron chi connectivity index (χ4n) is 4.15. The fraction of sp³-hybridized carbons (Fsp3) is 0.435. The maximum Gasteiger partial charge on any atom is 0.254 e. The van der Waals surface area contributed by atoms with Crippen LogP contribution in [0.15, 0.2) is 29.9 Å². The van der Waals surface area contributed by atoms with Crippen molar-refractivity contribution in [2.75, 3.05) is 19.6 Å². The molecule has 2 aliphatic rings. The second kappa shape index (κ2) is 8.82. The Kier molecular flexibility index (Phi) is 5.73. The van der Waals surface area contributed by atoms with Crippen LogP contribution in [0.25, 0.3) is 16.5 Å². The van der Waals surface area contributed by atoms with Crippen LogP contribution >= 0.6 is 11.3 Å². The van der Waals surface area contributed by atoms with Gasteiger partial charge in [0.05, 0.1) is 28.0 Å². The Morgan fingerprint density at radius 3 is 2.91 bits per heavy atom. The Morgan fingerprint density at radius 2 is 2.19 bits per heavy atom. The number of aryl methyl sites for hydroxylation is 1. The summed E-state index contributed by atoms with van der Waals surface area (Å²) in [5, 5.41) is 9.53. The van der Waals surface area contributed by atoms with Crippen molar-refractivity contribution in [3.8, 4) is 16.5 Å². The first kappa shape index (κ1) is 20.8. The number of hydrogen-bond donors (Lipinski definition) is 1. The van der Waals surface area contributed by atoms with Crippen molar-refractivity contribution in [1.82, 2.24) is 30.0 Å². The lowest BCUT2D eigenvalue weighted by Crippen LogP contribution is -2.31. The van der Waals surface area contributed by atoms with E-state index in [1.54, 1.807) is 22.2 Å². The van der Waals surface area contributed by atoms with Gasteiger partial charge in [0.2, 0.25) is 5.91 Å². The molecule has 9 heteroatoms. The largest absolute Gasteiger partial charge is 0.352 e. The maximum absolute atomic E-state index is 12.9. The van der Waals surface area contributed by atoms with Crippen LogP contribution < -0.4 is 5.32 Å². The summed E-state index contributed by atoms with van der Waals surface area (Å²) in [5.41, 5.74) is 3.38. The molecule has 32 heavy (non-hydrogen) atoms. The van der Waals surface area contributed by atoms with E-state index in [4.69, 9.17) is 4.98 Å². The molecular formula is C23H26N6O2S. The normalized spacial score (nSPS) is 16.0. The first-order chi connectivity index (χ1) is 15.6. The number of aromatic nitrogens is 4. The molecule has 2 amide bonds. The monoisotopic (exact) mass is 450 g/mol. The highest BCUT2D eigenvalue weighted by molar-refractivity contribution is 7.13. The number of rotatable bonds is 8. The average molecular weight is 451 g/mol. The Bertz CT molecular complexity index is 1140. The van der Waals surface area contributed by atoms with E-state index in [0.29, 0.717) is 36.9 Å². The SMILES string of the molecule is Cc1cnc(-n2ncc(C(=O)NCCCN3CCCC3=O)c2C2CC2)nc1-c1cccs1. The van der Waals surface area contributed by atoms with Crippen molar-refractivity contribution in [3.05, 3.63) is 46.7 Å². The number of nitrogens with one attached hydrogen (secondary N) is 1. The summed E-state index contributed by atoms with van der Waals surface area (Å²) in [5.74, 6) is 0.883. The highest BCUT2D eigenvalue weighted by Gasteiger charge is 2.33. The molecule has 2 fully saturated rings. The summed E-state index contributed by atoms with van der Waals surface area (Å²) >= 11 is 1.64. The van der Waals surface area contributed by atoms with Gasteiger partial charge in [-0.1, -0.05) is 6.07 Å². The first-order valence-electron chi connectivity index (χ1n) is 11.1. The van der Waals surface area contributed by atoms with Crippen LogP contribution in [0.5, 0.6) is 0 Å². The van der Waals surface area contributed by atoms with Crippen LogP contribution in [0.2, 0.25) is 0 Å². The number of nitrogens with zero attached hydrogens (tertiary/aromatic N) is 5. The molecule has 5 rings (SSSR count). The molecule has 4 heterocycles. The smallest absolute Gasteiger partial charge is 0.254 e. The zero-order valence-corrected chi connectivity index (χ0v) is 18.9. The van der Waals surface area contributed by atoms with Crippen LogP contribution in [-0.2, 0) is 4.79 Å². The average Bonchev–Trinajstić information content (AvgIpc) is 3.18. The minimum atomic E-state index is -0.128. The van der Waals surface area contributed by atoms with Crippen molar-refractivity contribution >= 4 is 23.2 Å². The van der Waals surface area contributed by atoms with Gasteiger partial charge in [-0.25, -0.2) is 14.6 Å². The van der Waals surface area contributed by atoms with Gasteiger partial charge in [-0.05, 0) is 49.6 Å². The molecule has 1 N–H and O–H groups in total. The maximum atomic E-state index is 12.9. The third-order valence-corrected chi connectivity index (χ3v) is 6.86. The van der Waals surface area contributed by atoms with Crippen LogP contribution in [0, 0.1) is 6.92 Å². The Hall–Kier alpha value is -3.07. The van der Waals surface area contributed by atoms with Gasteiger partial charge in [0.25, 0.3) is 11.9 Å². The molecule has 0 spiro atoms. The molecule has 1 aliphatic heterocycles. The summed E-state index contributed by atoms with van der Waals surface area (Å²) in [4.78, 5) is 36.9. The molecule has 3 aromatic heterocycles. The number of thiophene rings is 1. The summed E-state index contributed by atoms with van der Waals surface area (Å²) in [6.07, 6.45) is 7.83. The molecule has 0 atom stereocenters. The van der Waals surface area contributed by atoms with Gasteiger partial charge in [0.15, 0.2) is 0 Å². The minimum Gasteiger partial charge on any atom is -0.352 e. The van der Waals surface area contributed by atoms with Crippen molar-refractivity contribution < 1.29 is 9.59 Å². The summed E-state index contributed by atoms with van der Waals surface area (Å²) in [6, 6.07) is 4.05. The van der Waals surface area contributed by atoms with Crippen LogP contribution in [0.4, 0.5) is 0 Å². The number of likely N-dealkylation sites (tertiary alicyclic amines) is 1. The van der Waals surface area contributed by atoms with E-state index in [-0.39, 0.29) is 11.8 Å². The Labute approximate surface area is 190 Å². The van der Waals surface area contributed by atoms with E-state index in [1.165, 1.54) is 0 Å². The fourth-order valence-corrected chi connectivity index (χ4v) is 4.93. The van der Waals surface area contributed by atoms with Crippen molar-refractivity contribution in [2.24, 2.45) is 0 Å². The van der Waals surface area contributed by atoms with Gasteiger partial charge in [-0.15, -0.1) is 11.3 Å². The molecular weight excluding hydrogens is 424 g/mol. The zero-order chi connectivity index (χ0) is 22.1. The third kappa shape index (κ3) is 4.17. The standard InChI is InChI=1S/C23H26N6O2S/c1-15-13-25-23(27-20(15)18-5-3-12-32-18)29-21(16-7-8-16)17(14-26-29)22(31)24-9-4-11-28-10-2-6-19(28)30/h3,5,12-14,16H,2,4,6-11H2,1H3,(H,24,31). The second-order valence-electron chi connectivity index (χ2n) is 8.40. The number of carbonyl (C=O) groups is 2. The predicted octanol–water partition coefficient (Wildman–Crippen LogP) is 3.32. The molecule has 0 unspecified atom stereocenters. The molecule has 0 bridgehead atoms. The molecule has 1 saturated heterocycles. The third-order valence-electron chi connectivity index (χ3n) is 5.98. The molecule has 1 aliphatic carbocycles. The molecule has 166 valence electrons. The van der Waals surface area contributed by atoms with E-state index in [2.05, 4.69) is 15.4 Å². The molecule has 8 nitrogen and oxygen atoms in total. The van der Waals surface area contributed by atoms with Gasteiger partial charge >= 0.3 is 0 Å². The summed E-state index contributed by atoms with van der Waals surface area (Å²) < 4.78 is 1.73. The van der Waals surface area contributed by atoms with Crippen LogP contribution in [0.3, 0.4) is 0 Å². The molecule has 0 aromatic carbocycles. The Balaban J connectivity index is 1.33. The van der Waals surface area contributed by atoms with Crippen LogP contribution in [-0.4, -0.2) is 56.1 Å². The van der Waals surface area contributed by atoms with Gasteiger partial charge in [-0.2, -0.15) is 5.10 Å². The van der Waals surface area contributed by atoms with E-state index in [9.17, 15) is 9.59 Å². The topological polar surface area (TPSA) is 93.0 Å². The minimum absolute atomic E-state index is 0.128. The van der Waals surface area contributed by atoms with Crippen molar-refractivity contribution in [1.29, 1.82) is 0 Å². The van der Waals surface area contributed by atoms with Crippen LogP contribution in [0.1, 0.15) is 59.6 Å². The van der Waals surface area contributed by atoms with E-state index in [0.717, 1.165) is 54.1 Å². The molecule has 3 aromatic rings. The molecule has 1 saturated carbocycles. The Morgan fingerprint density at radius 1 is 1.31 bits per heavy atom. The highest BCUT2D eigenvalue weighted by Crippen LogP contribution is 2.42. The van der Waals surface area contributed by atoms with Gasteiger partial charge in [0, 0.05) is 38.2 Å². The van der Waals surface area contributed by atoms with E-state index < -0.39 is 0 Å². The number of hydrogen-bond acceptors (Lipinski definition) is 6. The lowest BCUT2D eigenvalue weighted by atomic mass is 10.1. The zero-order valence-electron chi connectivity index (χ0n) is 18.1. The predicted molar refractivity (Wildman–Crippen MR) is 122 cm³/mol.